The van der Waals surface area contributed by atoms with Crippen molar-refractivity contribution in [2.24, 2.45) is 4.99 Å². The molecule has 2 aromatic rings. The van der Waals surface area contributed by atoms with Gasteiger partial charge in [-0.3, -0.25) is 9.59 Å². The number of guanidine groups is 1. The molecule has 0 spiro atoms. The zero-order chi connectivity index (χ0) is 21.2. The summed E-state index contributed by atoms with van der Waals surface area (Å²) >= 11 is 0. The maximum atomic E-state index is 12.4. The molecule has 0 radical (unpaired) electrons. The number of rotatable bonds is 8. The van der Waals surface area contributed by atoms with E-state index in [2.05, 4.69) is 20.9 Å². The first-order valence-corrected chi connectivity index (χ1v) is 10.3. The molecule has 31 heavy (non-hydrogen) atoms. The van der Waals surface area contributed by atoms with E-state index in [0.717, 1.165) is 31.5 Å². The van der Waals surface area contributed by atoms with Crippen molar-refractivity contribution < 1.29 is 14.0 Å². The van der Waals surface area contributed by atoms with Crippen molar-refractivity contribution in [2.75, 3.05) is 26.2 Å². The monoisotopic (exact) mass is 539 g/mol. The minimum Gasteiger partial charge on any atom is -0.467 e. The molecule has 1 aromatic carbocycles. The lowest BCUT2D eigenvalue weighted by atomic mass is 10.1. The highest BCUT2D eigenvalue weighted by Gasteiger charge is 2.17. The Hall–Kier alpha value is -2.56. The van der Waals surface area contributed by atoms with Crippen LogP contribution in [0.15, 0.2) is 52.1 Å². The molecule has 0 aliphatic carbocycles. The molecule has 0 atom stereocenters. The number of likely N-dealkylation sites (tertiary alicyclic amines) is 1. The number of carbonyl (C=O) groups is 2. The highest BCUT2D eigenvalue weighted by molar-refractivity contribution is 14.0. The zero-order valence-corrected chi connectivity index (χ0v) is 20.1. The van der Waals surface area contributed by atoms with Crippen LogP contribution >= 0.6 is 24.0 Å². The van der Waals surface area contributed by atoms with Gasteiger partial charge in [0.05, 0.1) is 25.9 Å². The fourth-order valence-electron chi connectivity index (χ4n) is 3.24. The van der Waals surface area contributed by atoms with E-state index in [4.69, 9.17) is 4.42 Å². The molecular formula is C22H30IN5O3. The summed E-state index contributed by atoms with van der Waals surface area (Å²) in [5, 5.41) is 9.09. The van der Waals surface area contributed by atoms with Crippen LogP contribution in [0.25, 0.3) is 0 Å². The number of nitrogens with one attached hydrogen (secondary N) is 3. The number of furan rings is 1. The number of hydrogen-bond acceptors (Lipinski definition) is 4. The summed E-state index contributed by atoms with van der Waals surface area (Å²) in [6.07, 6.45) is 3.73. The lowest BCUT2D eigenvalue weighted by molar-refractivity contribution is -0.128. The third kappa shape index (κ3) is 7.89. The van der Waals surface area contributed by atoms with Gasteiger partial charge in [0.2, 0.25) is 5.91 Å². The Kier molecular flexibility index (Phi) is 10.3. The van der Waals surface area contributed by atoms with Gasteiger partial charge in [-0.2, -0.15) is 0 Å². The number of aliphatic imine (C=N–C) groups is 1. The van der Waals surface area contributed by atoms with Crippen LogP contribution < -0.4 is 16.0 Å². The second-order valence-corrected chi connectivity index (χ2v) is 7.10. The topological polar surface area (TPSA) is 99.0 Å². The molecule has 8 nitrogen and oxygen atoms in total. The van der Waals surface area contributed by atoms with Gasteiger partial charge >= 0.3 is 0 Å². The number of halogens is 1. The van der Waals surface area contributed by atoms with Gasteiger partial charge < -0.3 is 25.3 Å². The average molecular weight is 539 g/mol. The van der Waals surface area contributed by atoms with E-state index in [1.807, 2.05) is 36.1 Å². The van der Waals surface area contributed by atoms with Gasteiger partial charge in [0.15, 0.2) is 5.96 Å². The molecule has 0 unspecified atom stereocenters. The second-order valence-electron chi connectivity index (χ2n) is 7.10. The van der Waals surface area contributed by atoms with Gasteiger partial charge in [-0.25, -0.2) is 4.99 Å². The van der Waals surface area contributed by atoms with E-state index in [-0.39, 0.29) is 42.3 Å². The molecular weight excluding hydrogens is 509 g/mol. The Morgan fingerprint density at radius 2 is 1.90 bits per heavy atom. The molecule has 0 bridgehead atoms. The van der Waals surface area contributed by atoms with Crippen LogP contribution in [0.5, 0.6) is 0 Å². The Morgan fingerprint density at radius 3 is 2.61 bits per heavy atom. The van der Waals surface area contributed by atoms with Gasteiger partial charge in [0.1, 0.15) is 5.76 Å². The largest absolute Gasteiger partial charge is 0.467 e. The molecule has 1 fully saturated rings. The third-order valence-corrected chi connectivity index (χ3v) is 4.82. The summed E-state index contributed by atoms with van der Waals surface area (Å²) in [6, 6.07) is 10.9. The Balaban J connectivity index is 0.00000341. The van der Waals surface area contributed by atoms with Crippen molar-refractivity contribution in [2.45, 2.75) is 32.9 Å². The van der Waals surface area contributed by atoms with E-state index >= 15 is 0 Å². The molecule has 0 saturated carbocycles. The minimum atomic E-state index is -0.168. The van der Waals surface area contributed by atoms with Crippen molar-refractivity contribution in [3.05, 3.63) is 59.5 Å². The van der Waals surface area contributed by atoms with Crippen molar-refractivity contribution in [3.8, 4) is 0 Å². The summed E-state index contributed by atoms with van der Waals surface area (Å²) in [5.41, 5.74) is 1.47. The summed E-state index contributed by atoms with van der Waals surface area (Å²) in [7, 11) is 0. The Morgan fingerprint density at radius 1 is 1.10 bits per heavy atom. The first-order chi connectivity index (χ1) is 14.7. The third-order valence-electron chi connectivity index (χ3n) is 4.82. The second kappa shape index (κ2) is 13.0. The van der Waals surface area contributed by atoms with Crippen molar-refractivity contribution in [3.63, 3.8) is 0 Å². The standard InChI is InChI=1S/C22H29N5O3.HI/c1-2-23-22(26-16-20(28)27-10-3-4-11-27)25-14-17-7-5-8-18(13-17)21(29)24-15-19-9-6-12-30-19;/h5-9,12-13H,2-4,10-11,14-16H2,1H3,(H,24,29)(H2,23,25,26);1H. The molecule has 9 heteroatoms. The van der Waals surface area contributed by atoms with Crippen molar-refractivity contribution in [1.29, 1.82) is 0 Å². The van der Waals surface area contributed by atoms with Crippen LogP contribution in [0.3, 0.4) is 0 Å². The van der Waals surface area contributed by atoms with Gasteiger partial charge in [0, 0.05) is 25.2 Å². The van der Waals surface area contributed by atoms with Crippen LogP contribution in [-0.4, -0.2) is 48.9 Å². The number of benzene rings is 1. The molecule has 1 aliphatic heterocycles. The van der Waals surface area contributed by atoms with Gasteiger partial charge in [-0.15, -0.1) is 24.0 Å². The minimum absolute atomic E-state index is 0. The maximum absolute atomic E-state index is 12.4. The smallest absolute Gasteiger partial charge is 0.251 e. The molecule has 1 aromatic heterocycles. The number of carbonyl (C=O) groups excluding carboxylic acids is 2. The summed E-state index contributed by atoms with van der Waals surface area (Å²) in [4.78, 5) is 31.0. The highest BCUT2D eigenvalue weighted by Crippen LogP contribution is 2.08. The van der Waals surface area contributed by atoms with Crippen LogP contribution in [0.2, 0.25) is 0 Å². The van der Waals surface area contributed by atoms with Crippen LogP contribution in [0.4, 0.5) is 0 Å². The van der Waals surface area contributed by atoms with Gasteiger partial charge in [0.25, 0.3) is 5.91 Å². The maximum Gasteiger partial charge on any atom is 0.251 e. The lowest BCUT2D eigenvalue weighted by Crippen LogP contribution is -2.44. The first-order valence-electron chi connectivity index (χ1n) is 10.3. The number of nitrogens with zero attached hydrogens (tertiary/aromatic N) is 2. The molecule has 3 N–H and O–H groups in total. The average Bonchev–Trinajstić information content (AvgIpc) is 3.48. The number of hydrogen-bond donors (Lipinski definition) is 3. The Labute approximate surface area is 199 Å². The molecule has 1 saturated heterocycles. The molecule has 2 amide bonds. The van der Waals surface area contributed by atoms with E-state index in [9.17, 15) is 9.59 Å². The van der Waals surface area contributed by atoms with Crippen LogP contribution in [0.1, 0.15) is 41.4 Å². The quantitative estimate of drug-likeness (QED) is 0.272. The summed E-state index contributed by atoms with van der Waals surface area (Å²) in [5.74, 6) is 1.21. The molecule has 168 valence electrons. The van der Waals surface area contributed by atoms with Gasteiger partial charge in [-0.1, -0.05) is 12.1 Å². The zero-order valence-electron chi connectivity index (χ0n) is 17.7. The number of amides is 2. The van der Waals surface area contributed by atoms with E-state index in [0.29, 0.717) is 36.9 Å². The van der Waals surface area contributed by atoms with Crippen LogP contribution in [-0.2, 0) is 17.9 Å². The summed E-state index contributed by atoms with van der Waals surface area (Å²) in [6.45, 7) is 5.30. The van der Waals surface area contributed by atoms with Crippen LogP contribution in [0, 0.1) is 0 Å². The van der Waals surface area contributed by atoms with Crippen molar-refractivity contribution in [1.82, 2.24) is 20.9 Å². The summed E-state index contributed by atoms with van der Waals surface area (Å²) < 4.78 is 5.23. The lowest BCUT2D eigenvalue weighted by Gasteiger charge is -2.17. The van der Waals surface area contributed by atoms with Gasteiger partial charge in [-0.05, 0) is 49.6 Å². The van der Waals surface area contributed by atoms with E-state index in [1.165, 1.54) is 0 Å². The van der Waals surface area contributed by atoms with Crippen molar-refractivity contribution >= 4 is 41.8 Å². The predicted octanol–water partition coefficient (Wildman–Crippen LogP) is 2.51. The Bertz CT molecular complexity index is 864. The van der Waals surface area contributed by atoms with E-state index in [1.54, 1.807) is 18.4 Å². The van der Waals surface area contributed by atoms with E-state index < -0.39 is 0 Å². The first kappa shape index (κ1) is 24.7. The fourth-order valence-corrected chi connectivity index (χ4v) is 3.24. The molecule has 1 aliphatic rings. The molecule has 2 heterocycles. The fraction of sp³-hybridized carbons (Fsp3) is 0.409. The SMILES string of the molecule is CCNC(=NCc1cccc(C(=O)NCc2ccco2)c1)NCC(=O)N1CCCC1.I. The molecule has 3 rings (SSSR count). The highest BCUT2D eigenvalue weighted by atomic mass is 127. The predicted molar refractivity (Wildman–Crippen MR) is 130 cm³/mol. The normalized spacial score (nSPS) is 13.5.